The fraction of sp³-hybridized carbons (Fsp3) is 0.429. The highest BCUT2D eigenvalue weighted by Gasteiger charge is 2.39. The minimum Gasteiger partial charge on any atom is -0.396 e. The molecule has 3 rings (SSSR count). The number of hydrogen-bond acceptors (Lipinski definition) is 4. The SMILES string of the molecule is CC(C)(NC(=O)c1sc2cccnc2c1N)C1CC1. The van der Waals surface area contributed by atoms with E-state index in [-0.39, 0.29) is 11.4 Å². The Bertz CT molecular complexity index is 643. The van der Waals surface area contributed by atoms with E-state index >= 15 is 0 Å². The monoisotopic (exact) mass is 275 g/mol. The Balaban J connectivity index is 1.91. The van der Waals surface area contributed by atoms with Crippen molar-refractivity contribution in [3.05, 3.63) is 23.2 Å². The normalized spacial score (nSPS) is 15.7. The summed E-state index contributed by atoms with van der Waals surface area (Å²) in [6.45, 7) is 4.15. The van der Waals surface area contributed by atoms with Crippen LogP contribution >= 0.6 is 11.3 Å². The maximum Gasteiger partial charge on any atom is 0.263 e. The molecule has 1 amide bonds. The Hall–Kier alpha value is -1.62. The molecule has 3 N–H and O–H groups in total. The van der Waals surface area contributed by atoms with Crippen LogP contribution in [0.3, 0.4) is 0 Å². The fourth-order valence-corrected chi connectivity index (χ4v) is 3.35. The number of thiophene rings is 1. The van der Waals surface area contributed by atoms with Crippen molar-refractivity contribution in [1.29, 1.82) is 0 Å². The molecule has 1 aliphatic carbocycles. The number of aromatic nitrogens is 1. The standard InChI is InChI=1S/C14H17N3OS/c1-14(2,8-5-6-8)17-13(18)12-10(15)11-9(19-12)4-3-7-16-11/h3-4,7-8H,5-6,15H2,1-2H3,(H,17,18). The summed E-state index contributed by atoms with van der Waals surface area (Å²) in [5, 5.41) is 3.10. The number of fused-ring (bicyclic) bond motifs is 1. The molecule has 4 nitrogen and oxygen atoms in total. The summed E-state index contributed by atoms with van der Waals surface area (Å²) in [6.07, 6.45) is 4.08. The third-order valence-electron chi connectivity index (χ3n) is 3.72. The summed E-state index contributed by atoms with van der Waals surface area (Å²) >= 11 is 1.41. The fourth-order valence-electron chi connectivity index (χ4n) is 2.37. The van der Waals surface area contributed by atoms with Crippen molar-refractivity contribution < 1.29 is 4.79 Å². The van der Waals surface area contributed by atoms with Crippen molar-refractivity contribution in [3.63, 3.8) is 0 Å². The average Bonchev–Trinajstić information content (AvgIpc) is 3.16. The van der Waals surface area contributed by atoms with Crippen molar-refractivity contribution >= 4 is 33.1 Å². The third-order valence-corrected chi connectivity index (χ3v) is 4.88. The van der Waals surface area contributed by atoms with Gasteiger partial charge in [0.15, 0.2) is 0 Å². The lowest BCUT2D eigenvalue weighted by molar-refractivity contribution is 0.0908. The van der Waals surface area contributed by atoms with Gasteiger partial charge in [-0.2, -0.15) is 0 Å². The molecule has 0 aromatic carbocycles. The molecule has 1 fully saturated rings. The van der Waals surface area contributed by atoms with Crippen molar-refractivity contribution in [3.8, 4) is 0 Å². The summed E-state index contributed by atoms with van der Waals surface area (Å²) in [5.74, 6) is 0.502. The molecule has 2 aromatic rings. The highest BCUT2D eigenvalue weighted by molar-refractivity contribution is 7.21. The van der Waals surface area contributed by atoms with E-state index in [4.69, 9.17) is 5.73 Å². The maximum atomic E-state index is 12.4. The van der Waals surface area contributed by atoms with Crippen LogP contribution in [-0.4, -0.2) is 16.4 Å². The number of nitrogen functional groups attached to an aromatic ring is 1. The Morgan fingerprint density at radius 1 is 1.53 bits per heavy atom. The van der Waals surface area contributed by atoms with Crippen molar-refractivity contribution in [2.45, 2.75) is 32.2 Å². The van der Waals surface area contributed by atoms with Gasteiger partial charge in [-0.25, -0.2) is 0 Å². The maximum absolute atomic E-state index is 12.4. The largest absolute Gasteiger partial charge is 0.396 e. The van der Waals surface area contributed by atoms with Crippen LogP contribution in [0.4, 0.5) is 5.69 Å². The molecule has 0 radical (unpaired) electrons. The lowest BCUT2D eigenvalue weighted by Crippen LogP contribution is -2.45. The van der Waals surface area contributed by atoms with E-state index in [9.17, 15) is 4.79 Å². The van der Waals surface area contributed by atoms with Gasteiger partial charge in [0.25, 0.3) is 5.91 Å². The summed E-state index contributed by atoms with van der Waals surface area (Å²) in [6, 6.07) is 3.79. The lowest BCUT2D eigenvalue weighted by Gasteiger charge is -2.25. The number of rotatable bonds is 3. The number of pyridine rings is 1. The molecular formula is C14H17N3OS. The summed E-state index contributed by atoms with van der Waals surface area (Å²) in [5.41, 5.74) is 7.09. The predicted octanol–water partition coefficient (Wildman–Crippen LogP) is 2.80. The summed E-state index contributed by atoms with van der Waals surface area (Å²) in [7, 11) is 0. The Morgan fingerprint density at radius 3 is 2.89 bits per heavy atom. The van der Waals surface area contributed by atoms with Crippen LogP contribution in [0, 0.1) is 5.92 Å². The van der Waals surface area contributed by atoms with Gasteiger partial charge in [-0.3, -0.25) is 9.78 Å². The van der Waals surface area contributed by atoms with Gasteiger partial charge in [0, 0.05) is 11.7 Å². The molecule has 0 bridgehead atoms. The van der Waals surface area contributed by atoms with Crippen molar-refractivity contribution in [1.82, 2.24) is 10.3 Å². The van der Waals surface area contributed by atoms with Gasteiger partial charge in [-0.15, -0.1) is 11.3 Å². The zero-order valence-corrected chi connectivity index (χ0v) is 11.9. The lowest BCUT2D eigenvalue weighted by atomic mass is 9.99. The van der Waals surface area contributed by atoms with Crippen LogP contribution in [-0.2, 0) is 0 Å². The molecule has 5 heteroatoms. The number of anilines is 1. The van der Waals surface area contributed by atoms with E-state index in [0.717, 1.165) is 10.2 Å². The van der Waals surface area contributed by atoms with Crippen LogP contribution in [0.5, 0.6) is 0 Å². The smallest absolute Gasteiger partial charge is 0.263 e. The third kappa shape index (κ3) is 2.18. The molecule has 1 aliphatic rings. The number of nitrogens with two attached hydrogens (primary N) is 1. The summed E-state index contributed by atoms with van der Waals surface area (Å²) < 4.78 is 0.953. The van der Waals surface area contributed by atoms with E-state index in [0.29, 0.717) is 16.5 Å². The number of hydrogen-bond donors (Lipinski definition) is 2. The van der Waals surface area contributed by atoms with Gasteiger partial charge in [-0.1, -0.05) is 0 Å². The number of nitrogens with zero attached hydrogens (tertiary/aromatic N) is 1. The van der Waals surface area contributed by atoms with E-state index in [1.807, 2.05) is 12.1 Å². The molecule has 0 aliphatic heterocycles. The number of amides is 1. The topological polar surface area (TPSA) is 68.0 Å². The molecular weight excluding hydrogens is 258 g/mol. The molecule has 0 atom stereocenters. The van der Waals surface area contributed by atoms with Crippen LogP contribution in [0.2, 0.25) is 0 Å². The minimum atomic E-state index is -0.160. The van der Waals surface area contributed by atoms with E-state index in [1.54, 1.807) is 6.20 Å². The summed E-state index contributed by atoms with van der Waals surface area (Å²) in [4.78, 5) is 17.2. The highest BCUT2D eigenvalue weighted by atomic mass is 32.1. The van der Waals surface area contributed by atoms with Crippen LogP contribution < -0.4 is 11.1 Å². The van der Waals surface area contributed by atoms with Gasteiger partial charge >= 0.3 is 0 Å². The second-order valence-electron chi connectivity index (χ2n) is 5.65. The first-order valence-corrected chi connectivity index (χ1v) is 7.26. The van der Waals surface area contributed by atoms with E-state index in [1.165, 1.54) is 24.2 Å². The second-order valence-corrected chi connectivity index (χ2v) is 6.70. The van der Waals surface area contributed by atoms with Crippen LogP contribution in [0.1, 0.15) is 36.4 Å². The molecule has 2 aromatic heterocycles. The molecule has 1 saturated carbocycles. The first kappa shape index (κ1) is 12.4. The van der Waals surface area contributed by atoms with Crippen LogP contribution in [0.25, 0.3) is 10.2 Å². The zero-order chi connectivity index (χ0) is 13.6. The molecule has 100 valence electrons. The zero-order valence-electron chi connectivity index (χ0n) is 11.1. The van der Waals surface area contributed by atoms with E-state index < -0.39 is 0 Å². The molecule has 2 heterocycles. The highest BCUT2D eigenvalue weighted by Crippen LogP contribution is 2.40. The van der Waals surface area contributed by atoms with Crippen molar-refractivity contribution in [2.24, 2.45) is 5.92 Å². The molecule has 19 heavy (non-hydrogen) atoms. The van der Waals surface area contributed by atoms with Crippen molar-refractivity contribution in [2.75, 3.05) is 5.73 Å². The predicted molar refractivity (Wildman–Crippen MR) is 78.3 cm³/mol. The quantitative estimate of drug-likeness (QED) is 0.905. The minimum absolute atomic E-state index is 0.0857. The molecule has 0 unspecified atom stereocenters. The first-order chi connectivity index (χ1) is 8.99. The van der Waals surface area contributed by atoms with Gasteiger partial charge in [0.2, 0.25) is 0 Å². The first-order valence-electron chi connectivity index (χ1n) is 6.44. The number of carbonyl (C=O) groups excluding carboxylic acids is 1. The number of carbonyl (C=O) groups is 1. The van der Waals surface area contributed by atoms with Gasteiger partial charge in [0.05, 0.1) is 10.4 Å². The Labute approximate surface area is 116 Å². The average molecular weight is 275 g/mol. The van der Waals surface area contributed by atoms with Gasteiger partial charge < -0.3 is 11.1 Å². The van der Waals surface area contributed by atoms with E-state index in [2.05, 4.69) is 24.1 Å². The number of nitrogens with one attached hydrogen (secondary N) is 1. The van der Waals surface area contributed by atoms with Gasteiger partial charge in [-0.05, 0) is 44.7 Å². The Morgan fingerprint density at radius 2 is 2.26 bits per heavy atom. The molecule has 0 spiro atoms. The van der Waals surface area contributed by atoms with Gasteiger partial charge in [0.1, 0.15) is 10.4 Å². The second kappa shape index (κ2) is 4.20. The molecule has 0 saturated heterocycles. The Kier molecular flexibility index (Phi) is 2.74. The van der Waals surface area contributed by atoms with Crippen LogP contribution in [0.15, 0.2) is 18.3 Å².